The summed E-state index contributed by atoms with van der Waals surface area (Å²) in [5, 5.41) is 5.61. The molecule has 1 amide bonds. The minimum absolute atomic E-state index is 0.0593. The quantitative estimate of drug-likeness (QED) is 0.772. The van der Waals surface area contributed by atoms with E-state index in [2.05, 4.69) is 10.6 Å². The number of carbonyl (C=O) groups excluding carboxylic acids is 1. The zero-order valence-electron chi connectivity index (χ0n) is 8.51. The number of aryl methyl sites for hydroxylation is 1. The Hall–Kier alpha value is -1.58. The van der Waals surface area contributed by atoms with Crippen LogP contribution in [0.25, 0.3) is 0 Å². The lowest BCUT2D eigenvalue weighted by Gasteiger charge is -2.12. The lowest BCUT2D eigenvalue weighted by atomic mass is 10.1. The van der Waals surface area contributed by atoms with Crippen molar-refractivity contribution in [3.05, 3.63) is 29.6 Å². The van der Waals surface area contributed by atoms with Gasteiger partial charge in [-0.1, -0.05) is 12.1 Å². The van der Waals surface area contributed by atoms with Crippen molar-refractivity contribution in [2.45, 2.75) is 19.4 Å². The predicted octanol–water partition coefficient (Wildman–Crippen LogP) is 1.43. The predicted molar refractivity (Wildman–Crippen MR) is 56.2 cm³/mol. The largest absolute Gasteiger partial charge is 0.371 e. The van der Waals surface area contributed by atoms with E-state index in [0.717, 1.165) is 0 Å². The molecular weight excluding hydrogens is 195 g/mol. The molecule has 3 nitrogen and oxygen atoms in total. The van der Waals surface area contributed by atoms with E-state index in [0.29, 0.717) is 24.2 Å². The molecule has 0 unspecified atom stereocenters. The maximum atomic E-state index is 13.6. The highest BCUT2D eigenvalue weighted by Crippen LogP contribution is 2.19. The summed E-state index contributed by atoms with van der Waals surface area (Å²) in [6.45, 7) is 2.36. The van der Waals surface area contributed by atoms with Gasteiger partial charge in [0.1, 0.15) is 11.9 Å². The van der Waals surface area contributed by atoms with Gasteiger partial charge in [0.2, 0.25) is 5.91 Å². The van der Waals surface area contributed by atoms with Gasteiger partial charge in [-0.2, -0.15) is 0 Å². The highest BCUT2D eigenvalue weighted by atomic mass is 19.1. The number of anilines is 1. The Balaban J connectivity index is 2.17. The highest BCUT2D eigenvalue weighted by molar-refractivity contribution is 5.86. The fourth-order valence-corrected chi connectivity index (χ4v) is 1.68. The number of benzene rings is 1. The molecule has 1 saturated heterocycles. The fourth-order valence-electron chi connectivity index (χ4n) is 1.68. The normalized spacial score (nSPS) is 20.1. The molecule has 15 heavy (non-hydrogen) atoms. The first kappa shape index (κ1) is 9.96. The molecule has 2 rings (SSSR count). The Morgan fingerprint density at radius 1 is 1.53 bits per heavy atom. The Morgan fingerprint density at radius 2 is 2.33 bits per heavy atom. The summed E-state index contributed by atoms with van der Waals surface area (Å²) in [5.41, 5.74) is 0.982. The summed E-state index contributed by atoms with van der Waals surface area (Å²) >= 11 is 0. The van der Waals surface area contributed by atoms with Crippen LogP contribution in [-0.2, 0) is 4.79 Å². The van der Waals surface area contributed by atoms with Crippen LogP contribution < -0.4 is 10.6 Å². The molecule has 1 atom stereocenters. The number of nitrogens with one attached hydrogen (secondary N) is 2. The summed E-state index contributed by atoms with van der Waals surface area (Å²) in [6.07, 6.45) is 0.701. The monoisotopic (exact) mass is 208 g/mol. The molecular formula is C11H13FN2O. The van der Waals surface area contributed by atoms with Gasteiger partial charge in [-0.15, -0.1) is 0 Å². The second-order valence-electron chi connectivity index (χ2n) is 3.71. The topological polar surface area (TPSA) is 41.1 Å². The number of hydrogen-bond acceptors (Lipinski definition) is 2. The van der Waals surface area contributed by atoms with Crippen molar-refractivity contribution in [1.82, 2.24) is 5.32 Å². The van der Waals surface area contributed by atoms with E-state index in [1.165, 1.54) is 0 Å². The molecule has 0 spiro atoms. The van der Waals surface area contributed by atoms with Gasteiger partial charge in [-0.05, 0) is 25.0 Å². The van der Waals surface area contributed by atoms with E-state index in [9.17, 15) is 9.18 Å². The minimum atomic E-state index is -0.304. The average Bonchev–Trinajstić information content (AvgIpc) is 2.60. The van der Waals surface area contributed by atoms with Crippen molar-refractivity contribution in [3.63, 3.8) is 0 Å². The first-order valence-corrected chi connectivity index (χ1v) is 4.98. The summed E-state index contributed by atoms with van der Waals surface area (Å²) in [5.74, 6) is -0.340. The number of carbonyl (C=O) groups is 1. The van der Waals surface area contributed by atoms with Crippen LogP contribution in [0, 0.1) is 12.7 Å². The van der Waals surface area contributed by atoms with Crippen LogP contribution in [0.2, 0.25) is 0 Å². The lowest BCUT2D eigenvalue weighted by Crippen LogP contribution is -2.29. The molecule has 1 fully saturated rings. The molecule has 0 aliphatic carbocycles. The number of amides is 1. The van der Waals surface area contributed by atoms with Crippen LogP contribution in [0.4, 0.5) is 10.1 Å². The second kappa shape index (κ2) is 3.88. The van der Waals surface area contributed by atoms with Gasteiger partial charge in [0.25, 0.3) is 0 Å². The van der Waals surface area contributed by atoms with Gasteiger partial charge < -0.3 is 10.6 Å². The van der Waals surface area contributed by atoms with E-state index < -0.39 is 0 Å². The molecule has 0 aromatic heterocycles. The summed E-state index contributed by atoms with van der Waals surface area (Å²) < 4.78 is 13.6. The van der Waals surface area contributed by atoms with Crippen molar-refractivity contribution in [1.29, 1.82) is 0 Å². The zero-order valence-corrected chi connectivity index (χ0v) is 8.51. The smallest absolute Gasteiger partial charge is 0.242 e. The highest BCUT2D eigenvalue weighted by Gasteiger charge is 2.24. The average molecular weight is 208 g/mol. The third-order valence-corrected chi connectivity index (χ3v) is 2.57. The number of hydrogen-bond donors (Lipinski definition) is 2. The van der Waals surface area contributed by atoms with E-state index >= 15 is 0 Å². The molecule has 0 radical (unpaired) electrons. The van der Waals surface area contributed by atoms with Crippen molar-refractivity contribution < 1.29 is 9.18 Å². The number of rotatable bonds is 2. The molecule has 4 heteroatoms. The van der Waals surface area contributed by atoms with Gasteiger partial charge >= 0.3 is 0 Å². The zero-order chi connectivity index (χ0) is 10.8. The van der Waals surface area contributed by atoms with Gasteiger partial charge in [0, 0.05) is 6.54 Å². The van der Waals surface area contributed by atoms with E-state index in [1.54, 1.807) is 25.1 Å². The molecule has 2 N–H and O–H groups in total. The lowest BCUT2D eigenvalue weighted by molar-refractivity contribution is -0.119. The summed E-state index contributed by atoms with van der Waals surface area (Å²) in [4.78, 5) is 11.3. The van der Waals surface area contributed by atoms with Crippen molar-refractivity contribution >= 4 is 11.6 Å². The molecule has 1 aromatic carbocycles. The van der Waals surface area contributed by atoms with Crippen molar-refractivity contribution in [2.24, 2.45) is 0 Å². The maximum Gasteiger partial charge on any atom is 0.242 e. The SMILES string of the molecule is Cc1cccc(N[C@@H]2CCNC2=O)c1F. The van der Waals surface area contributed by atoms with Crippen LogP contribution >= 0.6 is 0 Å². The van der Waals surface area contributed by atoms with E-state index in [4.69, 9.17) is 0 Å². The van der Waals surface area contributed by atoms with Crippen LogP contribution in [0.1, 0.15) is 12.0 Å². The van der Waals surface area contributed by atoms with E-state index in [1.807, 2.05) is 0 Å². The van der Waals surface area contributed by atoms with Crippen LogP contribution in [0.5, 0.6) is 0 Å². The van der Waals surface area contributed by atoms with Crippen molar-refractivity contribution in [2.75, 3.05) is 11.9 Å². The van der Waals surface area contributed by atoms with Gasteiger partial charge in [-0.25, -0.2) is 4.39 Å². The van der Waals surface area contributed by atoms with Gasteiger partial charge in [-0.3, -0.25) is 4.79 Å². The first-order valence-electron chi connectivity index (χ1n) is 4.98. The standard InChI is InChI=1S/C11H13FN2O/c1-7-3-2-4-8(10(7)12)14-9-5-6-13-11(9)15/h2-4,9,14H,5-6H2,1H3,(H,13,15)/t9-/m1/s1. The Bertz CT molecular complexity index is 392. The minimum Gasteiger partial charge on any atom is -0.371 e. The summed E-state index contributed by atoms with van der Waals surface area (Å²) in [6, 6.07) is 4.82. The first-order chi connectivity index (χ1) is 7.18. The molecule has 1 aromatic rings. The Labute approximate surface area is 87.7 Å². The van der Waals surface area contributed by atoms with Crippen LogP contribution in [-0.4, -0.2) is 18.5 Å². The number of halogens is 1. The third kappa shape index (κ3) is 1.93. The van der Waals surface area contributed by atoms with Crippen LogP contribution in [0.15, 0.2) is 18.2 Å². The van der Waals surface area contributed by atoms with Gasteiger partial charge in [0.15, 0.2) is 0 Å². The Morgan fingerprint density at radius 3 is 3.00 bits per heavy atom. The molecule has 80 valence electrons. The molecule has 1 aliphatic rings. The molecule has 0 bridgehead atoms. The van der Waals surface area contributed by atoms with Gasteiger partial charge in [0.05, 0.1) is 5.69 Å². The van der Waals surface area contributed by atoms with Crippen molar-refractivity contribution in [3.8, 4) is 0 Å². The fraction of sp³-hybridized carbons (Fsp3) is 0.364. The molecule has 0 saturated carbocycles. The summed E-state index contributed by atoms with van der Waals surface area (Å²) in [7, 11) is 0. The van der Waals surface area contributed by atoms with E-state index in [-0.39, 0.29) is 17.8 Å². The second-order valence-corrected chi connectivity index (χ2v) is 3.71. The molecule has 1 aliphatic heterocycles. The Kier molecular flexibility index (Phi) is 2.58. The van der Waals surface area contributed by atoms with Crippen LogP contribution in [0.3, 0.4) is 0 Å². The third-order valence-electron chi connectivity index (χ3n) is 2.57. The molecule has 1 heterocycles. The maximum absolute atomic E-state index is 13.6.